The largest absolute Gasteiger partial charge is 0.309 e. The summed E-state index contributed by atoms with van der Waals surface area (Å²) in [5.74, 6) is -1.39. The second-order valence-electron chi connectivity index (χ2n) is 6.00. The second kappa shape index (κ2) is 7.09. The third-order valence-corrected chi connectivity index (χ3v) is 3.94. The maximum Gasteiger partial charge on any atom is 0.182 e. The molecule has 5 heteroatoms. The molecule has 2 rings (SSSR count). The summed E-state index contributed by atoms with van der Waals surface area (Å²) in [6.07, 6.45) is 2.04. The van der Waals surface area contributed by atoms with E-state index in [1.54, 1.807) is 0 Å². The maximum atomic E-state index is 13.6. The van der Waals surface area contributed by atoms with E-state index in [-0.39, 0.29) is 6.54 Å². The number of piperidine rings is 1. The van der Waals surface area contributed by atoms with Gasteiger partial charge in [0, 0.05) is 6.54 Å². The van der Waals surface area contributed by atoms with Crippen molar-refractivity contribution in [1.82, 2.24) is 9.80 Å². The summed E-state index contributed by atoms with van der Waals surface area (Å²) in [6, 6.07) is 3.52. The molecule has 1 aromatic rings. The van der Waals surface area contributed by atoms with E-state index in [0.717, 1.165) is 44.6 Å². The lowest BCUT2D eigenvalue weighted by Crippen LogP contribution is -2.40. The van der Waals surface area contributed by atoms with Crippen LogP contribution in [0, 0.1) is 17.6 Å². The molecule has 1 fully saturated rings. The normalized spacial score (nSPS) is 17.4. The molecule has 1 saturated heterocycles. The Balaban J connectivity index is 1.90. The van der Waals surface area contributed by atoms with Crippen molar-refractivity contribution >= 4 is 5.78 Å². The molecule has 0 atom stereocenters. The van der Waals surface area contributed by atoms with Crippen molar-refractivity contribution in [1.29, 1.82) is 0 Å². The number of benzene rings is 1. The highest BCUT2D eigenvalue weighted by molar-refractivity contribution is 5.98. The molecule has 0 saturated carbocycles. The highest BCUT2D eigenvalue weighted by Crippen LogP contribution is 2.19. The minimum atomic E-state index is -0.775. The fraction of sp³-hybridized carbons (Fsp3) is 0.562. The van der Waals surface area contributed by atoms with Crippen LogP contribution in [0.3, 0.4) is 0 Å². The molecular weight excluding hydrogens is 274 g/mol. The van der Waals surface area contributed by atoms with Gasteiger partial charge in [-0.25, -0.2) is 8.78 Å². The average Bonchev–Trinajstić information content (AvgIpc) is 2.40. The zero-order valence-corrected chi connectivity index (χ0v) is 12.6. The molecule has 0 bridgehead atoms. The Morgan fingerprint density at radius 1 is 1.24 bits per heavy atom. The van der Waals surface area contributed by atoms with Crippen molar-refractivity contribution in [3.8, 4) is 0 Å². The van der Waals surface area contributed by atoms with Gasteiger partial charge in [-0.05, 0) is 58.1 Å². The third-order valence-electron chi connectivity index (χ3n) is 3.94. The van der Waals surface area contributed by atoms with Gasteiger partial charge < -0.3 is 4.90 Å². The smallest absolute Gasteiger partial charge is 0.182 e. The molecule has 21 heavy (non-hydrogen) atoms. The summed E-state index contributed by atoms with van der Waals surface area (Å²) in [7, 11) is 4.10. The van der Waals surface area contributed by atoms with Gasteiger partial charge >= 0.3 is 0 Å². The van der Waals surface area contributed by atoms with Crippen LogP contribution in [-0.4, -0.2) is 55.9 Å². The molecule has 3 nitrogen and oxygen atoms in total. The van der Waals surface area contributed by atoms with E-state index in [1.165, 1.54) is 6.07 Å². The van der Waals surface area contributed by atoms with Crippen LogP contribution in [-0.2, 0) is 0 Å². The highest BCUT2D eigenvalue weighted by atomic mass is 19.1. The summed E-state index contributed by atoms with van der Waals surface area (Å²) < 4.78 is 27.2. The minimum absolute atomic E-state index is 0.0898. The summed E-state index contributed by atoms with van der Waals surface area (Å²) in [5, 5.41) is 0. The third kappa shape index (κ3) is 4.32. The number of hydrogen-bond donors (Lipinski definition) is 0. The zero-order chi connectivity index (χ0) is 15.4. The Bertz CT molecular complexity index is 477. The van der Waals surface area contributed by atoms with Crippen molar-refractivity contribution in [2.75, 3.05) is 40.3 Å². The lowest BCUT2D eigenvalue weighted by Gasteiger charge is -2.32. The van der Waals surface area contributed by atoms with Gasteiger partial charge in [-0.2, -0.15) is 0 Å². The van der Waals surface area contributed by atoms with Crippen LogP contribution in [0.25, 0.3) is 0 Å². The SMILES string of the molecule is CN(C)CC1CCN(CC(=O)c2c(F)cccc2F)CC1. The minimum Gasteiger partial charge on any atom is -0.309 e. The number of carbonyl (C=O) groups is 1. The standard InChI is InChI=1S/C16H22F2N2O/c1-19(2)10-12-6-8-20(9-7-12)11-15(21)16-13(17)4-3-5-14(16)18/h3-5,12H,6-11H2,1-2H3. The Hall–Kier alpha value is -1.33. The van der Waals surface area contributed by atoms with Crippen molar-refractivity contribution in [2.45, 2.75) is 12.8 Å². The average molecular weight is 296 g/mol. The van der Waals surface area contributed by atoms with E-state index in [9.17, 15) is 13.6 Å². The van der Waals surface area contributed by atoms with Crippen LogP contribution in [0.2, 0.25) is 0 Å². The Labute approximate surface area is 124 Å². The lowest BCUT2D eigenvalue weighted by atomic mass is 9.96. The molecule has 1 heterocycles. The summed E-state index contributed by atoms with van der Waals surface area (Å²) in [5.41, 5.74) is -0.409. The molecule has 0 aromatic heterocycles. The first-order valence-corrected chi connectivity index (χ1v) is 7.31. The number of nitrogens with zero attached hydrogens (tertiary/aromatic N) is 2. The number of carbonyl (C=O) groups excluding carboxylic acids is 1. The topological polar surface area (TPSA) is 23.6 Å². The molecule has 0 amide bonds. The van der Waals surface area contributed by atoms with Gasteiger partial charge in [0.2, 0.25) is 0 Å². The molecule has 1 aromatic carbocycles. The molecule has 0 N–H and O–H groups in total. The fourth-order valence-corrected chi connectivity index (χ4v) is 2.89. The second-order valence-corrected chi connectivity index (χ2v) is 6.00. The van der Waals surface area contributed by atoms with Gasteiger partial charge in [-0.3, -0.25) is 9.69 Å². The summed E-state index contributed by atoms with van der Waals surface area (Å²) in [4.78, 5) is 16.2. The first kappa shape index (κ1) is 16.0. The Kier molecular flexibility index (Phi) is 5.42. The van der Waals surface area contributed by atoms with E-state index in [2.05, 4.69) is 19.0 Å². The lowest BCUT2D eigenvalue weighted by molar-refractivity contribution is 0.0878. The van der Waals surface area contributed by atoms with Crippen LogP contribution < -0.4 is 0 Å². The van der Waals surface area contributed by atoms with Crippen molar-refractivity contribution in [3.05, 3.63) is 35.4 Å². The van der Waals surface area contributed by atoms with Gasteiger partial charge in [0.05, 0.1) is 12.1 Å². The van der Waals surface area contributed by atoms with Gasteiger partial charge in [-0.15, -0.1) is 0 Å². The fourth-order valence-electron chi connectivity index (χ4n) is 2.89. The predicted octanol–water partition coefficient (Wildman–Crippen LogP) is 2.42. The van der Waals surface area contributed by atoms with Gasteiger partial charge in [-0.1, -0.05) is 6.07 Å². The summed E-state index contributed by atoms with van der Waals surface area (Å²) >= 11 is 0. The number of halogens is 2. The van der Waals surface area contributed by atoms with E-state index < -0.39 is 23.0 Å². The quantitative estimate of drug-likeness (QED) is 0.780. The van der Waals surface area contributed by atoms with Crippen LogP contribution in [0.5, 0.6) is 0 Å². The van der Waals surface area contributed by atoms with Gasteiger partial charge in [0.25, 0.3) is 0 Å². The first-order chi connectivity index (χ1) is 9.97. The monoisotopic (exact) mass is 296 g/mol. The molecule has 0 radical (unpaired) electrons. The van der Waals surface area contributed by atoms with Gasteiger partial charge in [0.1, 0.15) is 11.6 Å². The molecule has 0 unspecified atom stereocenters. The molecular formula is C16H22F2N2O. The molecule has 0 spiro atoms. The Morgan fingerprint density at radius 2 is 1.81 bits per heavy atom. The first-order valence-electron chi connectivity index (χ1n) is 7.31. The zero-order valence-electron chi connectivity index (χ0n) is 12.6. The molecule has 1 aliphatic rings. The molecule has 1 aliphatic heterocycles. The van der Waals surface area contributed by atoms with Gasteiger partial charge in [0.15, 0.2) is 5.78 Å². The van der Waals surface area contributed by atoms with Crippen LogP contribution in [0.15, 0.2) is 18.2 Å². The van der Waals surface area contributed by atoms with Crippen LogP contribution >= 0.6 is 0 Å². The predicted molar refractivity (Wildman–Crippen MR) is 78.4 cm³/mol. The van der Waals surface area contributed by atoms with Crippen molar-refractivity contribution in [3.63, 3.8) is 0 Å². The number of likely N-dealkylation sites (tertiary alicyclic amines) is 1. The maximum absolute atomic E-state index is 13.6. The van der Waals surface area contributed by atoms with Crippen LogP contribution in [0.1, 0.15) is 23.2 Å². The number of ketones is 1. The van der Waals surface area contributed by atoms with Crippen molar-refractivity contribution in [2.24, 2.45) is 5.92 Å². The van der Waals surface area contributed by atoms with E-state index in [4.69, 9.17) is 0 Å². The number of Topliss-reactive ketones (excluding diaryl/α,β-unsaturated/α-hetero) is 1. The molecule has 116 valence electrons. The summed E-state index contributed by atoms with van der Waals surface area (Å²) in [6.45, 7) is 2.75. The van der Waals surface area contributed by atoms with E-state index >= 15 is 0 Å². The number of hydrogen-bond acceptors (Lipinski definition) is 3. The highest BCUT2D eigenvalue weighted by Gasteiger charge is 2.24. The van der Waals surface area contributed by atoms with Crippen LogP contribution in [0.4, 0.5) is 8.78 Å². The van der Waals surface area contributed by atoms with E-state index in [0.29, 0.717) is 5.92 Å². The Morgan fingerprint density at radius 3 is 2.33 bits per heavy atom. The number of rotatable bonds is 5. The van der Waals surface area contributed by atoms with E-state index in [1.807, 2.05) is 4.90 Å². The molecule has 0 aliphatic carbocycles. The van der Waals surface area contributed by atoms with Crippen molar-refractivity contribution < 1.29 is 13.6 Å².